The Hall–Kier alpha value is -1.22. The minimum Gasteiger partial charge on any atom is -0.328 e. The summed E-state index contributed by atoms with van der Waals surface area (Å²) in [4.78, 5) is 25.0. The van der Waals surface area contributed by atoms with Crippen LogP contribution < -0.4 is 10.6 Å². The summed E-state index contributed by atoms with van der Waals surface area (Å²) in [6, 6.07) is 1.95. The van der Waals surface area contributed by atoms with Crippen molar-refractivity contribution in [2.75, 3.05) is 39.0 Å². The predicted molar refractivity (Wildman–Crippen MR) is 85.3 cm³/mol. The summed E-state index contributed by atoms with van der Waals surface area (Å²) in [7, 11) is 2.13. The van der Waals surface area contributed by atoms with E-state index in [1.807, 2.05) is 0 Å². The summed E-state index contributed by atoms with van der Waals surface area (Å²) in [6.45, 7) is 4.00. The minimum atomic E-state index is -0.0581. The van der Waals surface area contributed by atoms with Crippen molar-refractivity contribution in [2.45, 2.75) is 23.9 Å². The SMILES string of the molecule is CN1CCN(C2NC(=O)CC(CSc3ncccn3)N2)CC1. The average molecular weight is 322 g/mol. The number of likely N-dealkylation sites (N-methyl/N-ethyl adjacent to an activating group) is 1. The fourth-order valence-corrected chi connectivity index (χ4v) is 3.51. The first kappa shape index (κ1) is 15.7. The van der Waals surface area contributed by atoms with Gasteiger partial charge in [-0.15, -0.1) is 0 Å². The molecule has 8 heteroatoms. The predicted octanol–water partition coefficient (Wildman–Crippen LogP) is -0.422. The lowest BCUT2D eigenvalue weighted by molar-refractivity contribution is -0.127. The number of nitrogens with one attached hydrogen (secondary N) is 2. The Balaban J connectivity index is 1.53. The second kappa shape index (κ2) is 7.36. The Labute approximate surface area is 134 Å². The molecule has 2 aliphatic heterocycles. The van der Waals surface area contributed by atoms with Crippen molar-refractivity contribution in [1.29, 1.82) is 0 Å². The molecule has 2 saturated heterocycles. The molecule has 0 radical (unpaired) electrons. The van der Waals surface area contributed by atoms with E-state index in [2.05, 4.69) is 37.4 Å². The topological polar surface area (TPSA) is 73.4 Å². The van der Waals surface area contributed by atoms with Gasteiger partial charge in [0.2, 0.25) is 5.91 Å². The van der Waals surface area contributed by atoms with Gasteiger partial charge in [0.15, 0.2) is 5.16 Å². The first-order valence-electron chi connectivity index (χ1n) is 7.58. The van der Waals surface area contributed by atoms with Crippen LogP contribution in [-0.2, 0) is 4.79 Å². The van der Waals surface area contributed by atoms with E-state index in [1.54, 1.807) is 30.2 Å². The third-order valence-corrected chi connectivity index (χ3v) is 5.02. The van der Waals surface area contributed by atoms with Gasteiger partial charge in [0.25, 0.3) is 0 Å². The normalized spacial score (nSPS) is 27.6. The number of piperazine rings is 1. The molecule has 22 heavy (non-hydrogen) atoms. The molecule has 1 amide bonds. The molecule has 7 nitrogen and oxygen atoms in total. The lowest BCUT2D eigenvalue weighted by Crippen LogP contribution is -2.66. The Bertz CT molecular complexity index is 493. The fourth-order valence-electron chi connectivity index (χ4n) is 2.68. The van der Waals surface area contributed by atoms with Crippen molar-refractivity contribution in [1.82, 2.24) is 30.4 Å². The van der Waals surface area contributed by atoms with E-state index < -0.39 is 0 Å². The zero-order chi connectivity index (χ0) is 15.4. The molecule has 0 aromatic carbocycles. The second-order valence-electron chi connectivity index (χ2n) is 5.72. The summed E-state index contributed by atoms with van der Waals surface area (Å²) in [6.07, 6.45) is 3.92. The van der Waals surface area contributed by atoms with Crippen LogP contribution in [0.2, 0.25) is 0 Å². The van der Waals surface area contributed by atoms with Crippen molar-refractivity contribution >= 4 is 17.7 Å². The van der Waals surface area contributed by atoms with Gasteiger partial charge in [0, 0.05) is 56.8 Å². The maximum atomic E-state index is 12.0. The number of amides is 1. The highest BCUT2D eigenvalue weighted by Gasteiger charge is 2.31. The van der Waals surface area contributed by atoms with Gasteiger partial charge >= 0.3 is 0 Å². The number of rotatable bonds is 4. The quantitative estimate of drug-likeness (QED) is 0.576. The molecule has 120 valence electrons. The molecule has 3 heterocycles. The maximum absolute atomic E-state index is 12.0. The summed E-state index contributed by atoms with van der Waals surface area (Å²) >= 11 is 1.59. The van der Waals surface area contributed by atoms with Crippen LogP contribution in [0.1, 0.15) is 6.42 Å². The summed E-state index contributed by atoms with van der Waals surface area (Å²) in [5.41, 5.74) is 0. The van der Waals surface area contributed by atoms with Crippen LogP contribution in [0.3, 0.4) is 0 Å². The van der Waals surface area contributed by atoms with Crippen LogP contribution in [0.5, 0.6) is 0 Å². The molecule has 2 fully saturated rings. The van der Waals surface area contributed by atoms with Gasteiger partial charge in [-0.1, -0.05) is 11.8 Å². The minimum absolute atomic E-state index is 0.0581. The molecule has 1 aromatic rings. The van der Waals surface area contributed by atoms with E-state index in [1.165, 1.54) is 0 Å². The lowest BCUT2D eigenvalue weighted by atomic mass is 10.2. The van der Waals surface area contributed by atoms with Gasteiger partial charge in [-0.2, -0.15) is 0 Å². The Morgan fingerprint density at radius 3 is 2.73 bits per heavy atom. The number of aromatic nitrogens is 2. The van der Waals surface area contributed by atoms with Gasteiger partial charge in [-0.25, -0.2) is 9.97 Å². The van der Waals surface area contributed by atoms with E-state index >= 15 is 0 Å². The third kappa shape index (κ3) is 4.16. The maximum Gasteiger partial charge on any atom is 0.223 e. The highest BCUT2D eigenvalue weighted by Crippen LogP contribution is 2.16. The first-order chi connectivity index (χ1) is 10.7. The Morgan fingerprint density at radius 2 is 2.00 bits per heavy atom. The second-order valence-corrected chi connectivity index (χ2v) is 6.71. The molecule has 1 aromatic heterocycles. The number of carbonyl (C=O) groups is 1. The molecule has 0 spiro atoms. The molecule has 0 aliphatic carbocycles. The average Bonchev–Trinajstić information content (AvgIpc) is 2.54. The number of hydrogen-bond acceptors (Lipinski definition) is 7. The molecular formula is C14H22N6OS. The number of thioether (sulfide) groups is 1. The molecule has 0 bridgehead atoms. The van der Waals surface area contributed by atoms with E-state index in [0.717, 1.165) is 37.1 Å². The molecule has 2 aliphatic rings. The van der Waals surface area contributed by atoms with Crippen LogP contribution in [0.4, 0.5) is 0 Å². The smallest absolute Gasteiger partial charge is 0.223 e. The van der Waals surface area contributed by atoms with Crippen molar-refractivity contribution in [3.8, 4) is 0 Å². The first-order valence-corrected chi connectivity index (χ1v) is 8.57. The van der Waals surface area contributed by atoms with E-state index in [9.17, 15) is 4.79 Å². The van der Waals surface area contributed by atoms with Gasteiger partial charge in [0.1, 0.15) is 6.29 Å². The van der Waals surface area contributed by atoms with Crippen LogP contribution in [0.15, 0.2) is 23.6 Å². The summed E-state index contributed by atoms with van der Waals surface area (Å²) in [5.74, 6) is 0.907. The monoisotopic (exact) mass is 322 g/mol. The highest BCUT2D eigenvalue weighted by atomic mass is 32.2. The van der Waals surface area contributed by atoms with Crippen LogP contribution in [0.25, 0.3) is 0 Å². The van der Waals surface area contributed by atoms with Gasteiger partial charge < -0.3 is 10.2 Å². The Morgan fingerprint density at radius 1 is 1.27 bits per heavy atom. The summed E-state index contributed by atoms with van der Waals surface area (Å²) < 4.78 is 0. The number of carbonyl (C=O) groups excluding carboxylic acids is 1. The summed E-state index contributed by atoms with van der Waals surface area (Å²) in [5, 5.41) is 7.34. The van der Waals surface area contributed by atoms with Gasteiger partial charge in [-0.05, 0) is 13.1 Å². The van der Waals surface area contributed by atoms with E-state index in [0.29, 0.717) is 6.42 Å². The largest absolute Gasteiger partial charge is 0.328 e. The van der Waals surface area contributed by atoms with Crippen LogP contribution >= 0.6 is 11.8 Å². The van der Waals surface area contributed by atoms with Crippen LogP contribution in [0, 0.1) is 0 Å². The molecule has 0 saturated carbocycles. The highest BCUT2D eigenvalue weighted by molar-refractivity contribution is 7.99. The molecule has 2 unspecified atom stereocenters. The van der Waals surface area contributed by atoms with Crippen molar-refractivity contribution in [3.63, 3.8) is 0 Å². The zero-order valence-electron chi connectivity index (χ0n) is 12.7. The van der Waals surface area contributed by atoms with E-state index in [-0.39, 0.29) is 18.2 Å². The molecular weight excluding hydrogens is 300 g/mol. The molecule has 2 atom stereocenters. The van der Waals surface area contributed by atoms with Gasteiger partial charge in [0.05, 0.1) is 0 Å². The third-order valence-electron chi connectivity index (χ3n) is 3.98. The lowest BCUT2D eigenvalue weighted by Gasteiger charge is -2.42. The van der Waals surface area contributed by atoms with Crippen molar-refractivity contribution in [3.05, 3.63) is 18.5 Å². The van der Waals surface area contributed by atoms with E-state index in [4.69, 9.17) is 0 Å². The zero-order valence-corrected chi connectivity index (χ0v) is 13.6. The van der Waals surface area contributed by atoms with Crippen LogP contribution in [-0.4, -0.2) is 77.0 Å². The standard InChI is InChI=1S/C14H22N6OS/c1-19-5-7-20(8-6-19)13-17-11(9-12(21)18-13)10-22-14-15-3-2-4-16-14/h2-4,11,13,17H,5-10H2,1H3,(H,18,21). The number of nitrogens with zero attached hydrogens (tertiary/aromatic N) is 4. The van der Waals surface area contributed by atoms with Gasteiger partial charge in [-0.3, -0.25) is 15.0 Å². The number of hydrogen-bond donors (Lipinski definition) is 2. The van der Waals surface area contributed by atoms with Crippen molar-refractivity contribution in [2.24, 2.45) is 0 Å². The Kier molecular flexibility index (Phi) is 5.24. The fraction of sp³-hybridized carbons (Fsp3) is 0.643. The molecule has 2 N–H and O–H groups in total. The molecule has 3 rings (SSSR count). The van der Waals surface area contributed by atoms with Crippen molar-refractivity contribution < 1.29 is 4.79 Å².